The summed E-state index contributed by atoms with van der Waals surface area (Å²) in [7, 11) is 0. The van der Waals surface area contributed by atoms with Gasteiger partial charge < -0.3 is 0 Å². The van der Waals surface area contributed by atoms with Crippen molar-refractivity contribution in [2.45, 2.75) is 65.7 Å². The Morgan fingerprint density at radius 2 is 2.00 bits per heavy atom. The molecule has 1 unspecified atom stereocenters. The molecule has 0 saturated carbocycles. The number of allylic oxidation sites excluding steroid dienone is 2. The van der Waals surface area contributed by atoms with Crippen LogP contribution >= 0.6 is 0 Å². The van der Waals surface area contributed by atoms with Crippen molar-refractivity contribution in [3.63, 3.8) is 0 Å². The maximum atomic E-state index is 2.46. The van der Waals surface area contributed by atoms with Gasteiger partial charge in [-0.05, 0) is 37.0 Å². The van der Waals surface area contributed by atoms with Crippen molar-refractivity contribution in [2.24, 2.45) is 11.3 Å². The van der Waals surface area contributed by atoms with Crippen LogP contribution in [-0.4, -0.2) is 0 Å². The van der Waals surface area contributed by atoms with E-state index in [1.54, 1.807) is 0 Å². The first-order valence-electron chi connectivity index (χ1n) is 6.32. The molecule has 0 aromatic rings. The lowest BCUT2D eigenvalue weighted by Crippen LogP contribution is -2.24. The van der Waals surface area contributed by atoms with Gasteiger partial charge in [0, 0.05) is 0 Å². The molecule has 0 nitrogen and oxygen atoms in total. The van der Waals surface area contributed by atoms with Crippen LogP contribution in [0.3, 0.4) is 0 Å². The predicted octanol–water partition coefficient (Wildman–Crippen LogP) is 4.95. The van der Waals surface area contributed by atoms with Gasteiger partial charge in [-0.3, -0.25) is 0 Å². The van der Waals surface area contributed by atoms with Crippen LogP contribution in [0.15, 0.2) is 12.2 Å². The molecule has 0 heterocycles. The van der Waals surface area contributed by atoms with Crippen LogP contribution in [0.5, 0.6) is 0 Å². The number of hydrogen-bond donors (Lipinski definition) is 0. The summed E-state index contributed by atoms with van der Waals surface area (Å²) in [5, 5.41) is 0. The highest BCUT2D eigenvalue weighted by molar-refractivity contribution is 4.94. The van der Waals surface area contributed by atoms with Gasteiger partial charge in [0.25, 0.3) is 0 Å². The van der Waals surface area contributed by atoms with Gasteiger partial charge in [0.1, 0.15) is 0 Å². The molecule has 0 spiro atoms. The average molecular weight is 194 g/mol. The Hall–Kier alpha value is -0.260. The molecule has 1 atom stereocenters. The molecule has 0 aromatic heterocycles. The van der Waals surface area contributed by atoms with Gasteiger partial charge in [0.15, 0.2) is 0 Å². The number of rotatable bonds is 5. The Kier molecular flexibility index (Phi) is 4.71. The summed E-state index contributed by atoms with van der Waals surface area (Å²) in [6, 6.07) is 0. The van der Waals surface area contributed by atoms with Gasteiger partial charge >= 0.3 is 0 Å². The smallest absolute Gasteiger partial charge is 0.0317 e. The quantitative estimate of drug-likeness (QED) is 0.429. The van der Waals surface area contributed by atoms with Gasteiger partial charge in [-0.25, -0.2) is 0 Å². The SMILES string of the molecule is CCCCCC(C)(C)C1CC=CCC1. The summed E-state index contributed by atoms with van der Waals surface area (Å²) in [5.41, 5.74) is 0.569. The Bertz CT molecular complexity index is 176. The van der Waals surface area contributed by atoms with E-state index in [4.69, 9.17) is 0 Å². The minimum absolute atomic E-state index is 0.569. The van der Waals surface area contributed by atoms with Crippen molar-refractivity contribution < 1.29 is 0 Å². The minimum atomic E-state index is 0.569. The first-order valence-corrected chi connectivity index (χ1v) is 6.32. The summed E-state index contributed by atoms with van der Waals surface area (Å²) < 4.78 is 0. The van der Waals surface area contributed by atoms with E-state index < -0.39 is 0 Å². The Labute approximate surface area is 89.8 Å². The lowest BCUT2D eigenvalue weighted by atomic mass is 9.70. The zero-order valence-electron chi connectivity index (χ0n) is 10.2. The van der Waals surface area contributed by atoms with Crippen LogP contribution in [0.1, 0.15) is 65.7 Å². The van der Waals surface area contributed by atoms with Crippen molar-refractivity contribution in [3.8, 4) is 0 Å². The molecule has 0 aromatic carbocycles. The third kappa shape index (κ3) is 3.48. The van der Waals surface area contributed by atoms with E-state index >= 15 is 0 Å². The van der Waals surface area contributed by atoms with Gasteiger partial charge in [-0.15, -0.1) is 0 Å². The van der Waals surface area contributed by atoms with E-state index in [-0.39, 0.29) is 0 Å². The molecule has 1 rings (SSSR count). The first kappa shape index (κ1) is 11.8. The monoisotopic (exact) mass is 194 g/mol. The van der Waals surface area contributed by atoms with Gasteiger partial charge in [-0.1, -0.05) is 52.2 Å². The fourth-order valence-corrected chi connectivity index (χ4v) is 2.54. The highest BCUT2D eigenvalue weighted by Crippen LogP contribution is 2.39. The lowest BCUT2D eigenvalue weighted by Gasteiger charge is -2.35. The van der Waals surface area contributed by atoms with Crippen molar-refractivity contribution in [1.82, 2.24) is 0 Å². The number of unbranched alkanes of at least 4 members (excludes halogenated alkanes) is 2. The second-order valence-electron chi connectivity index (χ2n) is 5.43. The van der Waals surface area contributed by atoms with Crippen LogP contribution in [0.4, 0.5) is 0 Å². The molecule has 0 heteroatoms. The molecule has 0 aliphatic heterocycles. The van der Waals surface area contributed by atoms with Gasteiger partial charge in [-0.2, -0.15) is 0 Å². The maximum absolute atomic E-state index is 2.46. The molecule has 0 saturated heterocycles. The molecule has 0 fully saturated rings. The normalized spacial score (nSPS) is 22.6. The summed E-state index contributed by atoms with van der Waals surface area (Å²) >= 11 is 0. The largest absolute Gasteiger partial charge is 0.0885 e. The summed E-state index contributed by atoms with van der Waals surface area (Å²) in [6.45, 7) is 7.22. The van der Waals surface area contributed by atoms with E-state index in [9.17, 15) is 0 Å². The van der Waals surface area contributed by atoms with Crippen LogP contribution in [0, 0.1) is 11.3 Å². The fourth-order valence-electron chi connectivity index (χ4n) is 2.54. The molecular weight excluding hydrogens is 168 g/mol. The topological polar surface area (TPSA) is 0 Å². The zero-order valence-corrected chi connectivity index (χ0v) is 10.2. The van der Waals surface area contributed by atoms with E-state index in [0.717, 1.165) is 5.92 Å². The molecule has 0 bridgehead atoms. The zero-order chi connectivity index (χ0) is 10.4. The molecule has 1 aliphatic rings. The van der Waals surface area contributed by atoms with E-state index in [2.05, 4.69) is 32.9 Å². The van der Waals surface area contributed by atoms with Gasteiger partial charge in [0.05, 0.1) is 0 Å². The standard InChI is InChI=1S/C14H26/c1-4-5-9-12-14(2,3)13-10-7-6-8-11-13/h6-7,13H,4-5,8-12H2,1-3H3. The van der Waals surface area contributed by atoms with E-state index in [1.807, 2.05) is 0 Å². The Morgan fingerprint density at radius 1 is 1.21 bits per heavy atom. The molecule has 14 heavy (non-hydrogen) atoms. The van der Waals surface area contributed by atoms with E-state index in [0.29, 0.717) is 5.41 Å². The number of hydrogen-bond acceptors (Lipinski definition) is 0. The molecular formula is C14H26. The third-order valence-corrected chi connectivity index (χ3v) is 3.80. The van der Waals surface area contributed by atoms with Crippen molar-refractivity contribution >= 4 is 0 Å². The van der Waals surface area contributed by atoms with Crippen LogP contribution in [0.25, 0.3) is 0 Å². The van der Waals surface area contributed by atoms with Crippen LogP contribution in [0.2, 0.25) is 0 Å². The molecule has 1 aliphatic carbocycles. The highest BCUT2D eigenvalue weighted by atomic mass is 14.3. The predicted molar refractivity (Wildman–Crippen MR) is 64.4 cm³/mol. The van der Waals surface area contributed by atoms with Crippen molar-refractivity contribution in [2.75, 3.05) is 0 Å². The van der Waals surface area contributed by atoms with Crippen molar-refractivity contribution in [3.05, 3.63) is 12.2 Å². The molecule has 0 N–H and O–H groups in total. The van der Waals surface area contributed by atoms with E-state index in [1.165, 1.54) is 44.9 Å². The second kappa shape index (κ2) is 5.58. The van der Waals surface area contributed by atoms with Crippen LogP contribution < -0.4 is 0 Å². The molecule has 0 amide bonds. The third-order valence-electron chi connectivity index (χ3n) is 3.80. The maximum Gasteiger partial charge on any atom is -0.0317 e. The summed E-state index contributed by atoms with van der Waals surface area (Å²) in [5.74, 6) is 0.935. The Balaban J connectivity index is 2.34. The van der Waals surface area contributed by atoms with Crippen LogP contribution in [-0.2, 0) is 0 Å². The van der Waals surface area contributed by atoms with Crippen molar-refractivity contribution in [1.29, 1.82) is 0 Å². The van der Waals surface area contributed by atoms with Gasteiger partial charge in [0.2, 0.25) is 0 Å². The second-order valence-corrected chi connectivity index (χ2v) is 5.43. The summed E-state index contributed by atoms with van der Waals surface area (Å²) in [6.07, 6.45) is 14.4. The fraction of sp³-hybridized carbons (Fsp3) is 0.857. The minimum Gasteiger partial charge on any atom is -0.0885 e. The Morgan fingerprint density at radius 3 is 2.57 bits per heavy atom. The lowest BCUT2D eigenvalue weighted by molar-refractivity contribution is 0.175. The first-order chi connectivity index (χ1) is 6.67. The average Bonchev–Trinajstić information content (AvgIpc) is 2.19. The molecule has 0 radical (unpaired) electrons. The molecule has 82 valence electrons. The highest BCUT2D eigenvalue weighted by Gasteiger charge is 2.28. The summed E-state index contributed by atoms with van der Waals surface area (Å²) in [4.78, 5) is 0.